The lowest BCUT2D eigenvalue weighted by atomic mass is 10.2. The molecular weight excluding hydrogens is 285 g/mol. The first-order valence-electron chi connectivity index (χ1n) is 5.80. The van der Waals surface area contributed by atoms with Crippen LogP contribution in [0.25, 0.3) is 0 Å². The van der Waals surface area contributed by atoms with Crippen molar-refractivity contribution < 1.29 is 13.9 Å². The van der Waals surface area contributed by atoms with Gasteiger partial charge in [-0.1, -0.05) is 11.6 Å². The number of carbonyl (C=O) groups is 1. The summed E-state index contributed by atoms with van der Waals surface area (Å²) in [6.45, 7) is 1.71. The van der Waals surface area contributed by atoms with E-state index in [4.69, 9.17) is 22.1 Å². The van der Waals surface area contributed by atoms with Crippen LogP contribution in [0.1, 0.15) is 21.7 Å². The third kappa shape index (κ3) is 2.75. The van der Waals surface area contributed by atoms with Crippen molar-refractivity contribution in [3.05, 3.63) is 46.0 Å². The topological polar surface area (TPSA) is 70.1 Å². The van der Waals surface area contributed by atoms with E-state index in [1.165, 1.54) is 16.8 Å². The van der Waals surface area contributed by atoms with E-state index in [0.717, 1.165) is 6.07 Å². The van der Waals surface area contributed by atoms with Crippen molar-refractivity contribution in [1.82, 2.24) is 9.78 Å². The van der Waals surface area contributed by atoms with Crippen LogP contribution in [-0.2, 0) is 18.4 Å². The first-order valence-corrected chi connectivity index (χ1v) is 6.18. The van der Waals surface area contributed by atoms with Crippen LogP contribution in [0.15, 0.2) is 18.2 Å². The number of hydrogen-bond donors (Lipinski definition) is 1. The summed E-state index contributed by atoms with van der Waals surface area (Å²) in [6, 6.07) is 3.75. The molecule has 0 unspecified atom stereocenters. The van der Waals surface area contributed by atoms with Crippen LogP contribution in [0.5, 0.6) is 0 Å². The summed E-state index contributed by atoms with van der Waals surface area (Å²) in [5, 5.41) is 4.55. The lowest BCUT2D eigenvalue weighted by Crippen LogP contribution is -2.09. The Morgan fingerprint density at radius 2 is 2.25 bits per heavy atom. The molecule has 20 heavy (non-hydrogen) atoms. The first-order chi connectivity index (χ1) is 9.40. The average Bonchev–Trinajstić information content (AvgIpc) is 2.64. The monoisotopic (exact) mass is 297 g/mol. The number of esters is 1. The van der Waals surface area contributed by atoms with Crippen LogP contribution in [0.3, 0.4) is 0 Å². The molecule has 0 saturated carbocycles. The average molecular weight is 298 g/mol. The van der Waals surface area contributed by atoms with Gasteiger partial charge in [0.2, 0.25) is 0 Å². The molecule has 1 heterocycles. The normalized spacial score (nSPS) is 10.6. The molecule has 0 aliphatic rings. The Morgan fingerprint density at radius 1 is 1.55 bits per heavy atom. The lowest BCUT2D eigenvalue weighted by molar-refractivity contribution is 0.0463. The highest BCUT2D eigenvalue weighted by Gasteiger charge is 2.15. The van der Waals surface area contributed by atoms with Gasteiger partial charge >= 0.3 is 5.97 Å². The molecule has 1 aromatic carbocycles. The molecule has 0 bridgehead atoms. The standard InChI is InChI=1S/C13H13ClFN3O2/c1-7-12(14)11(18(2)17-7)6-20-13(19)8-3-4-10(16)9(15)5-8/h3-5H,6,16H2,1-2H3. The number of anilines is 1. The van der Waals surface area contributed by atoms with Crippen LogP contribution in [0.2, 0.25) is 5.02 Å². The number of carbonyl (C=O) groups excluding carboxylic acids is 1. The van der Waals surface area contributed by atoms with Crippen molar-refractivity contribution in [2.75, 3.05) is 5.73 Å². The number of halogens is 2. The van der Waals surface area contributed by atoms with Crippen LogP contribution < -0.4 is 5.73 Å². The molecule has 7 heteroatoms. The Hall–Kier alpha value is -2.08. The molecule has 0 fully saturated rings. The molecule has 0 amide bonds. The van der Waals surface area contributed by atoms with E-state index < -0.39 is 11.8 Å². The fourth-order valence-corrected chi connectivity index (χ4v) is 1.92. The molecule has 0 spiro atoms. The number of nitrogens with zero attached hydrogens (tertiary/aromatic N) is 2. The lowest BCUT2D eigenvalue weighted by Gasteiger charge is -2.06. The summed E-state index contributed by atoms with van der Waals surface area (Å²) >= 11 is 6.04. The summed E-state index contributed by atoms with van der Waals surface area (Å²) < 4.78 is 19.9. The minimum absolute atomic E-state index is 0.0214. The smallest absolute Gasteiger partial charge is 0.338 e. The Balaban J connectivity index is 2.10. The van der Waals surface area contributed by atoms with Gasteiger partial charge in [-0.25, -0.2) is 9.18 Å². The van der Waals surface area contributed by atoms with Gasteiger partial charge in [-0.05, 0) is 25.1 Å². The van der Waals surface area contributed by atoms with E-state index in [-0.39, 0.29) is 17.9 Å². The highest BCUT2D eigenvalue weighted by atomic mass is 35.5. The number of nitrogens with two attached hydrogens (primary N) is 1. The third-order valence-corrected chi connectivity index (χ3v) is 3.33. The highest BCUT2D eigenvalue weighted by molar-refractivity contribution is 6.31. The SMILES string of the molecule is Cc1nn(C)c(COC(=O)c2ccc(N)c(F)c2)c1Cl. The van der Waals surface area contributed by atoms with Gasteiger partial charge in [0.1, 0.15) is 12.4 Å². The number of benzene rings is 1. The second kappa shape index (κ2) is 5.50. The Kier molecular flexibility index (Phi) is 3.94. The number of hydrogen-bond acceptors (Lipinski definition) is 4. The molecule has 2 aromatic rings. The van der Waals surface area contributed by atoms with Gasteiger partial charge in [-0.15, -0.1) is 0 Å². The van der Waals surface area contributed by atoms with E-state index in [1.807, 2.05) is 0 Å². The van der Waals surface area contributed by atoms with Crippen LogP contribution in [0.4, 0.5) is 10.1 Å². The maximum atomic E-state index is 13.3. The van der Waals surface area contributed by atoms with Gasteiger partial charge < -0.3 is 10.5 Å². The van der Waals surface area contributed by atoms with Gasteiger partial charge in [0.05, 0.1) is 27.7 Å². The minimum atomic E-state index is -0.658. The fraction of sp³-hybridized carbons (Fsp3) is 0.231. The predicted molar refractivity (Wildman–Crippen MR) is 72.9 cm³/mol. The number of ether oxygens (including phenoxy) is 1. The van der Waals surface area contributed by atoms with Gasteiger partial charge in [-0.2, -0.15) is 5.10 Å². The molecule has 0 atom stereocenters. The molecule has 0 aliphatic carbocycles. The van der Waals surface area contributed by atoms with Crippen molar-refractivity contribution in [3.8, 4) is 0 Å². The van der Waals surface area contributed by atoms with Crippen molar-refractivity contribution in [1.29, 1.82) is 0 Å². The second-order valence-corrected chi connectivity index (χ2v) is 4.66. The number of rotatable bonds is 3. The van der Waals surface area contributed by atoms with Crippen molar-refractivity contribution in [2.45, 2.75) is 13.5 Å². The number of nitrogen functional groups attached to an aromatic ring is 1. The van der Waals surface area contributed by atoms with Crippen LogP contribution in [0, 0.1) is 12.7 Å². The maximum Gasteiger partial charge on any atom is 0.338 e. The molecule has 0 aliphatic heterocycles. The molecule has 2 rings (SSSR count). The Labute approximate surface area is 120 Å². The van der Waals surface area contributed by atoms with Crippen molar-refractivity contribution in [2.24, 2.45) is 7.05 Å². The van der Waals surface area contributed by atoms with E-state index in [2.05, 4.69) is 5.10 Å². The second-order valence-electron chi connectivity index (χ2n) is 4.28. The van der Waals surface area contributed by atoms with Gasteiger partial charge in [-0.3, -0.25) is 4.68 Å². The van der Waals surface area contributed by atoms with Crippen LogP contribution in [-0.4, -0.2) is 15.7 Å². The highest BCUT2D eigenvalue weighted by Crippen LogP contribution is 2.21. The minimum Gasteiger partial charge on any atom is -0.456 e. The van der Waals surface area contributed by atoms with Gasteiger partial charge in [0.15, 0.2) is 0 Å². The van der Waals surface area contributed by atoms with Crippen LogP contribution >= 0.6 is 11.6 Å². The number of aryl methyl sites for hydroxylation is 2. The van der Waals surface area contributed by atoms with E-state index >= 15 is 0 Å². The zero-order valence-electron chi connectivity index (χ0n) is 11.0. The largest absolute Gasteiger partial charge is 0.456 e. The maximum absolute atomic E-state index is 13.3. The molecule has 0 saturated heterocycles. The molecule has 106 valence electrons. The fourth-order valence-electron chi connectivity index (χ4n) is 1.71. The zero-order valence-corrected chi connectivity index (χ0v) is 11.7. The summed E-state index contributed by atoms with van der Waals surface area (Å²) in [7, 11) is 1.70. The summed E-state index contributed by atoms with van der Waals surface area (Å²) in [4.78, 5) is 11.8. The van der Waals surface area contributed by atoms with Gasteiger partial charge in [0.25, 0.3) is 0 Å². The zero-order chi connectivity index (χ0) is 14.9. The molecule has 0 radical (unpaired) electrons. The van der Waals surface area contributed by atoms with Crippen molar-refractivity contribution in [3.63, 3.8) is 0 Å². The Morgan fingerprint density at radius 3 is 2.80 bits per heavy atom. The van der Waals surface area contributed by atoms with Crippen molar-refractivity contribution >= 4 is 23.3 Å². The quantitative estimate of drug-likeness (QED) is 0.698. The molecule has 1 aromatic heterocycles. The third-order valence-electron chi connectivity index (χ3n) is 2.84. The van der Waals surface area contributed by atoms with E-state index in [0.29, 0.717) is 16.4 Å². The van der Waals surface area contributed by atoms with E-state index in [9.17, 15) is 9.18 Å². The Bertz CT molecular complexity index is 670. The first kappa shape index (κ1) is 14.3. The van der Waals surface area contributed by atoms with E-state index in [1.54, 1.807) is 14.0 Å². The number of aromatic nitrogens is 2. The van der Waals surface area contributed by atoms with Gasteiger partial charge in [0, 0.05) is 7.05 Å². The molecular formula is C13H13ClFN3O2. The predicted octanol–water partition coefficient (Wildman–Crippen LogP) is 2.46. The summed E-state index contributed by atoms with van der Waals surface area (Å²) in [5.41, 5.74) is 6.64. The molecule has 5 nitrogen and oxygen atoms in total. The molecule has 2 N–H and O–H groups in total. The summed E-state index contributed by atoms with van der Waals surface area (Å²) in [5.74, 6) is -1.31. The summed E-state index contributed by atoms with van der Waals surface area (Å²) in [6.07, 6.45) is 0.